The van der Waals surface area contributed by atoms with E-state index in [0.717, 1.165) is 22.8 Å². The Labute approximate surface area is 141 Å². The zero-order chi connectivity index (χ0) is 16.9. The summed E-state index contributed by atoms with van der Waals surface area (Å²) < 4.78 is 5.23. The molecule has 124 valence electrons. The monoisotopic (exact) mass is 333 g/mol. The van der Waals surface area contributed by atoms with Crippen molar-refractivity contribution in [1.29, 1.82) is 0 Å². The number of hydrogen-bond acceptors (Lipinski definition) is 5. The van der Waals surface area contributed by atoms with Crippen molar-refractivity contribution in [2.24, 2.45) is 0 Å². The molecule has 0 aliphatic heterocycles. The third-order valence-electron chi connectivity index (χ3n) is 2.90. The van der Waals surface area contributed by atoms with E-state index in [4.69, 9.17) is 4.74 Å². The quantitative estimate of drug-likeness (QED) is 0.865. The first kappa shape index (κ1) is 17.3. The molecule has 2 aromatic rings. The Kier molecular flexibility index (Phi) is 5.60. The number of thiazole rings is 1. The number of amides is 1. The fourth-order valence-electron chi connectivity index (χ4n) is 1.96. The number of aryl methyl sites for hydroxylation is 1. The number of nitrogens with zero attached hydrogens (tertiary/aromatic N) is 1. The number of nitrogens with one attached hydrogen (secondary N) is 2. The maximum atomic E-state index is 11.7. The summed E-state index contributed by atoms with van der Waals surface area (Å²) in [6.07, 6.45) is 1.48. The van der Waals surface area contributed by atoms with Crippen LogP contribution >= 0.6 is 11.3 Å². The molecule has 1 amide bonds. The smallest absolute Gasteiger partial charge is 0.407 e. The highest BCUT2D eigenvalue weighted by Crippen LogP contribution is 2.16. The molecule has 0 unspecified atom stereocenters. The zero-order valence-corrected chi connectivity index (χ0v) is 14.8. The van der Waals surface area contributed by atoms with Gasteiger partial charge in [-0.2, -0.15) is 0 Å². The molecule has 0 spiro atoms. The molecule has 0 saturated carbocycles. The van der Waals surface area contributed by atoms with Gasteiger partial charge in [-0.05, 0) is 45.4 Å². The molecule has 0 bridgehead atoms. The molecule has 0 fully saturated rings. The predicted molar refractivity (Wildman–Crippen MR) is 93.7 cm³/mol. The molecular formula is C17H23N3O2S. The Balaban J connectivity index is 1.85. The zero-order valence-electron chi connectivity index (χ0n) is 14.0. The van der Waals surface area contributed by atoms with Gasteiger partial charge in [-0.15, -0.1) is 11.3 Å². The van der Waals surface area contributed by atoms with Gasteiger partial charge in [-0.25, -0.2) is 9.78 Å². The summed E-state index contributed by atoms with van der Waals surface area (Å²) >= 11 is 1.68. The Morgan fingerprint density at radius 2 is 2.09 bits per heavy atom. The third-order valence-corrected chi connectivity index (χ3v) is 3.81. The van der Waals surface area contributed by atoms with Gasteiger partial charge >= 0.3 is 6.09 Å². The van der Waals surface area contributed by atoms with Gasteiger partial charge in [-0.1, -0.05) is 12.1 Å². The molecule has 1 aromatic heterocycles. The van der Waals surface area contributed by atoms with Gasteiger partial charge in [-0.3, -0.25) is 0 Å². The minimum Gasteiger partial charge on any atom is -0.444 e. The normalized spacial score (nSPS) is 11.1. The fourth-order valence-corrected chi connectivity index (χ4v) is 2.69. The highest BCUT2D eigenvalue weighted by atomic mass is 32.1. The van der Waals surface area contributed by atoms with Gasteiger partial charge in [0.1, 0.15) is 5.60 Å². The first-order valence-electron chi connectivity index (χ1n) is 7.53. The average molecular weight is 333 g/mol. The molecule has 1 heterocycles. The van der Waals surface area contributed by atoms with Crippen molar-refractivity contribution in [2.75, 3.05) is 5.32 Å². The molecule has 0 saturated heterocycles. The van der Waals surface area contributed by atoms with Crippen LogP contribution in [0.1, 0.15) is 36.2 Å². The summed E-state index contributed by atoms with van der Waals surface area (Å²) in [5.41, 5.74) is 1.54. The molecule has 1 aromatic carbocycles. The lowest BCUT2D eigenvalue weighted by atomic mass is 10.2. The van der Waals surface area contributed by atoms with E-state index in [-0.39, 0.29) is 0 Å². The summed E-state index contributed by atoms with van der Waals surface area (Å²) in [4.78, 5) is 17.1. The fraction of sp³-hybridized carbons (Fsp3) is 0.412. The van der Waals surface area contributed by atoms with E-state index in [9.17, 15) is 4.79 Å². The molecule has 2 rings (SSSR count). The van der Waals surface area contributed by atoms with Crippen LogP contribution in [-0.4, -0.2) is 16.7 Å². The second-order valence-electron chi connectivity index (χ2n) is 6.25. The van der Waals surface area contributed by atoms with Crippen LogP contribution in [0.3, 0.4) is 0 Å². The van der Waals surface area contributed by atoms with E-state index in [1.807, 2.05) is 58.2 Å². The number of rotatable bonds is 5. The van der Waals surface area contributed by atoms with Crippen molar-refractivity contribution in [3.63, 3.8) is 0 Å². The van der Waals surface area contributed by atoms with Crippen LogP contribution in [0.25, 0.3) is 0 Å². The molecule has 0 radical (unpaired) electrons. The molecule has 5 nitrogen and oxygen atoms in total. The Morgan fingerprint density at radius 1 is 1.30 bits per heavy atom. The van der Waals surface area contributed by atoms with Crippen molar-refractivity contribution >= 4 is 23.1 Å². The SMILES string of the molecule is Cc1ncc(CNc2cccc(CNC(=O)OC(C)(C)C)c2)s1. The van der Waals surface area contributed by atoms with Gasteiger partial charge in [0, 0.05) is 23.3 Å². The molecule has 23 heavy (non-hydrogen) atoms. The number of alkyl carbamates (subject to hydrolysis) is 1. The number of ether oxygens (including phenoxy) is 1. The van der Waals surface area contributed by atoms with Crippen LogP contribution in [0.5, 0.6) is 0 Å². The second-order valence-corrected chi connectivity index (χ2v) is 7.57. The van der Waals surface area contributed by atoms with Crippen LogP contribution in [0.2, 0.25) is 0 Å². The van der Waals surface area contributed by atoms with Crippen LogP contribution in [-0.2, 0) is 17.8 Å². The van der Waals surface area contributed by atoms with Gasteiger partial charge in [0.05, 0.1) is 11.6 Å². The molecule has 0 aliphatic carbocycles. The summed E-state index contributed by atoms with van der Waals surface area (Å²) in [5.74, 6) is 0. The lowest BCUT2D eigenvalue weighted by Gasteiger charge is -2.19. The first-order valence-corrected chi connectivity index (χ1v) is 8.34. The molecule has 0 aliphatic rings. The maximum absolute atomic E-state index is 11.7. The van der Waals surface area contributed by atoms with Crippen LogP contribution in [0, 0.1) is 6.92 Å². The van der Waals surface area contributed by atoms with Gasteiger partial charge in [0.2, 0.25) is 0 Å². The number of hydrogen-bond donors (Lipinski definition) is 2. The van der Waals surface area contributed by atoms with Crippen LogP contribution in [0.4, 0.5) is 10.5 Å². The lowest BCUT2D eigenvalue weighted by molar-refractivity contribution is 0.0523. The highest BCUT2D eigenvalue weighted by molar-refractivity contribution is 7.11. The van der Waals surface area contributed by atoms with Crippen molar-refractivity contribution in [3.05, 3.63) is 45.9 Å². The minimum absolute atomic E-state index is 0.406. The first-order chi connectivity index (χ1) is 10.8. The Hall–Kier alpha value is -2.08. The molecule has 2 N–H and O–H groups in total. The summed E-state index contributed by atoms with van der Waals surface area (Å²) in [7, 11) is 0. The summed E-state index contributed by atoms with van der Waals surface area (Å²) in [6.45, 7) is 8.71. The number of anilines is 1. The summed E-state index contributed by atoms with van der Waals surface area (Å²) in [5, 5.41) is 7.20. The van der Waals surface area contributed by atoms with E-state index >= 15 is 0 Å². The largest absolute Gasteiger partial charge is 0.444 e. The van der Waals surface area contributed by atoms with E-state index in [0.29, 0.717) is 6.54 Å². The highest BCUT2D eigenvalue weighted by Gasteiger charge is 2.15. The van der Waals surface area contributed by atoms with Crippen LogP contribution < -0.4 is 10.6 Å². The van der Waals surface area contributed by atoms with Crippen LogP contribution in [0.15, 0.2) is 30.5 Å². The number of carbonyl (C=O) groups is 1. The van der Waals surface area contributed by atoms with Crippen molar-refractivity contribution in [1.82, 2.24) is 10.3 Å². The molecule has 0 atom stereocenters. The van der Waals surface area contributed by atoms with Gasteiger partial charge in [0.15, 0.2) is 0 Å². The number of benzene rings is 1. The lowest BCUT2D eigenvalue weighted by Crippen LogP contribution is -2.32. The minimum atomic E-state index is -0.486. The average Bonchev–Trinajstić information content (AvgIpc) is 2.87. The van der Waals surface area contributed by atoms with E-state index < -0.39 is 11.7 Å². The van der Waals surface area contributed by atoms with E-state index in [2.05, 4.69) is 15.6 Å². The van der Waals surface area contributed by atoms with Crippen molar-refractivity contribution in [2.45, 2.75) is 46.4 Å². The maximum Gasteiger partial charge on any atom is 0.407 e. The third kappa shape index (κ3) is 6.28. The predicted octanol–water partition coefficient (Wildman–Crippen LogP) is 4.09. The molecule has 6 heteroatoms. The number of aromatic nitrogens is 1. The standard InChI is InChI=1S/C17H23N3O2S/c1-12-18-10-15(23-12)11-19-14-7-5-6-13(8-14)9-20-16(21)22-17(2,3)4/h5-8,10,19H,9,11H2,1-4H3,(H,20,21). The Morgan fingerprint density at radius 3 is 2.74 bits per heavy atom. The van der Waals surface area contributed by atoms with Gasteiger partial charge < -0.3 is 15.4 Å². The summed E-state index contributed by atoms with van der Waals surface area (Å²) in [6, 6.07) is 7.96. The van der Waals surface area contributed by atoms with E-state index in [1.165, 1.54) is 4.88 Å². The van der Waals surface area contributed by atoms with Crippen molar-refractivity contribution < 1.29 is 9.53 Å². The Bertz CT molecular complexity index is 662. The van der Waals surface area contributed by atoms with Gasteiger partial charge in [0.25, 0.3) is 0 Å². The molecular weight excluding hydrogens is 310 g/mol. The van der Waals surface area contributed by atoms with E-state index in [1.54, 1.807) is 11.3 Å². The topological polar surface area (TPSA) is 63.2 Å². The van der Waals surface area contributed by atoms with Crippen molar-refractivity contribution in [3.8, 4) is 0 Å². The second kappa shape index (κ2) is 7.46. The number of carbonyl (C=O) groups excluding carboxylic acids is 1.